The highest BCUT2D eigenvalue weighted by Crippen LogP contribution is 2.24. The maximum absolute atomic E-state index is 12.5. The zero-order valence-corrected chi connectivity index (χ0v) is 19.8. The second-order valence-corrected chi connectivity index (χ2v) is 8.54. The number of amides is 1. The summed E-state index contributed by atoms with van der Waals surface area (Å²) >= 11 is 1.42. The Hall–Kier alpha value is -3.46. The molecule has 0 aliphatic heterocycles. The molecule has 170 valence electrons. The van der Waals surface area contributed by atoms with Crippen molar-refractivity contribution in [2.45, 2.75) is 38.4 Å². The van der Waals surface area contributed by atoms with Crippen molar-refractivity contribution in [2.75, 3.05) is 12.9 Å². The lowest BCUT2D eigenvalue weighted by molar-refractivity contribution is -0.148. The van der Waals surface area contributed by atoms with Crippen LogP contribution in [0.5, 0.6) is 0 Å². The largest absolute Gasteiger partial charge is 0.455 e. The fraction of sp³-hybridized carbons (Fsp3) is 0.292. The Balaban J connectivity index is 1.38. The lowest BCUT2D eigenvalue weighted by atomic mass is 10.00. The fourth-order valence-corrected chi connectivity index (χ4v) is 4.20. The molecule has 33 heavy (non-hydrogen) atoms. The first-order chi connectivity index (χ1) is 15.9. The molecule has 8 nitrogen and oxygen atoms in total. The van der Waals surface area contributed by atoms with Crippen LogP contribution >= 0.6 is 11.8 Å². The van der Waals surface area contributed by atoms with Crippen molar-refractivity contribution in [1.29, 1.82) is 0 Å². The van der Waals surface area contributed by atoms with Gasteiger partial charge in [-0.3, -0.25) is 9.59 Å². The smallest absolute Gasteiger partial charge is 0.310 e. The Bertz CT molecular complexity index is 1350. The van der Waals surface area contributed by atoms with Crippen LogP contribution in [0.15, 0.2) is 47.6 Å². The second kappa shape index (κ2) is 9.58. The Kier molecular flexibility index (Phi) is 6.60. The monoisotopic (exact) mass is 463 g/mol. The van der Waals surface area contributed by atoms with Crippen LogP contribution in [0, 0.1) is 13.8 Å². The van der Waals surface area contributed by atoms with Gasteiger partial charge >= 0.3 is 5.97 Å². The molecule has 0 radical (unpaired) electrons. The normalized spacial score (nSPS) is 12.1. The van der Waals surface area contributed by atoms with Gasteiger partial charge < -0.3 is 10.1 Å². The first kappa shape index (κ1) is 22.7. The molecule has 1 unspecified atom stereocenters. The summed E-state index contributed by atoms with van der Waals surface area (Å²) in [7, 11) is 0. The molecule has 1 atom stereocenters. The third kappa shape index (κ3) is 4.83. The Morgan fingerprint density at radius 1 is 1.12 bits per heavy atom. The SMILES string of the molecule is CSc1nc2nc(C)c(CC(=O)OCC(=O)NC(C)c3cccc4ccccc34)c(C)n2n1. The van der Waals surface area contributed by atoms with Gasteiger partial charge in [-0.25, -0.2) is 9.50 Å². The van der Waals surface area contributed by atoms with Gasteiger partial charge in [0.1, 0.15) is 0 Å². The van der Waals surface area contributed by atoms with E-state index in [-0.39, 0.29) is 25.0 Å². The molecule has 0 spiro atoms. The van der Waals surface area contributed by atoms with E-state index in [2.05, 4.69) is 20.4 Å². The van der Waals surface area contributed by atoms with Crippen LogP contribution in [0.1, 0.15) is 35.5 Å². The van der Waals surface area contributed by atoms with Gasteiger partial charge in [0.25, 0.3) is 11.7 Å². The van der Waals surface area contributed by atoms with Crippen molar-refractivity contribution in [3.05, 3.63) is 65.0 Å². The highest BCUT2D eigenvalue weighted by molar-refractivity contribution is 7.98. The van der Waals surface area contributed by atoms with E-state index in [0.717, 1.165) is 27.6 Å². The number of aryl methyl sites for hydroxylation is 2. The van der Waals surface area contributed by atoms with Gasteiger partial charge in [0.15, 0.2) is 6.61 Å². The average molecular weight is 464 g/mol. The van der Waals surface area contributed by atoms with Crippen LogP contribution in [0.3, 0.4) is 0 Å². The van der Waals surface area contributed by atoms with E-state index < -0.39 is 5.97 Å². The Labute approximate surface area is 195 Å². The minimum absolute atomic E-state index is 0.00121. The number of carbonyl (C=O) groups excluding carboxylic acids is 2. The molecule has 0 saturated carbocycles. The average Bonchev–Trinajstić information content (AvgIpc) is 3.23. The summed E-state index contributed by atoms with van der Waals surface area (Å²) in [4.78, 5) is 33.7. The zero-order valence-electron chi connectivity index (χ0n) is 19.0. The first-order valence-corrected chi connectivity index (χ1v) is 11.8. The first-order valence-electron chi connectivity index (χ1n) is 10.6. The van der Waals surface area contributed by atoms with Crippen molar-refractivity contribution >= 4 is 40.2 Å². The van der Waals surface area contributed by atoms with Gasteiger partial charge in [-0.1, -0.05) is 54.2 Å². The highest BCUT2D eigenvalue weighted by atomic mass is 32.2. The molecule has 0 fully saturated rings. The molecule has 0 bridgehead atoms. The maximum Gasteiger partial charge on any atom is 0.310 e. The molecule has 0 aliphatic carbocycles. The lowest BCUT2D eigenvalue weighted by Crippen LogP contribution is -2.31. The van der Waals surface area contributed by atoms with Crippen LogP contribution < -0.4 is 5.32 Å². The van der Waals surface area contributed by atoms with Gasteiger partial charge in [-0.2, -0.15) is 4.98 Å². The summed E-state index contributed by atoms with van der Waals surface area (Å²) in [6.07, 6.45) is 1.89. The molecular weight excluding hydrogens is 438 g/mol. The molecule has 4 rings (SSSR count). The molecule has 2 aromatic heterocycles. The number of nitrogens with zero attached hydrogens (tertiary/aromatic N) is 4. The van der Waals surface area contributed by atoms with Crippen molar-refractivity contribution < 1.29 is 14.3 Å². The summed E-state index contributed by atoms with van der Waals surface area (Å²) in [6.45, 7) is 5.25. The van der Waals surface area contributed by atoms with Crippen LogP contribution in [0.2, 0.25) is 0 Å². The summed E-state index contributed by atoms with van der Waals surface area (Å²) in [5.74, 6) is -0.361. The number of rotatable bonds is 7. The third-order valence-electron chi connectivity index (χ3n) is 5.56. The molecule has 4 aromatic rings. The second-order valence-electron chi connectivity index (χ2n) is 7.77. The molecular formula is C24H25N5O3S. The number of esters is 1. The number of hydrogen-bond acceptors (Lipinski definition) is 7. The number of hydrogen-bond donors (Lipinski definition) is 1. The van der Waals surface area contributed by atoms with Crippen molar-refractivity contribution in [3.8, 4) is 0 Å². The van der Waals surface area contributed by atoms with Crippen molar-refractivity contribution in [2.24, 2.45) is 0 Å². The lowest BCUT2D eigenvalue weighted by Gasteiger charge is -2.17. The Morgan fingerprint density at radius 3 is 2.67 bits per heavy atom. The minimum atomic E-state index is -0.500. The van der Waals surface area contributed by atoms with Crippen molar-refractivity contribution in [1.82, 2.24) is 24.9 Å². The van der Waals surface area contributed by atoms with Gasteiger partial charge in [-0.05, 0) is 43.4 Å². The van der Waals surface area contributed by atoms with E-state index in [0.29, 0.717) is 16.6 Å². The van der Waals surface area contributed by atoms with Crippen LogP contribution in [0.4, 0.5) is 0 Å². The fourth-order valence-electron chi connectivity index (χ4n) is 3.86. The number of thioether (sulfide) groups is 1. The number of ether oxygens (including phenoxy) is 1. The number of aromatic nitrogens is 4. The quantitative estimate of drug-likeness (QED) is 0.330. The Morgan fingerprint density at radius 2 is 1.88 bits per heavy atom. The van der Waals surface area contributed by atoms with E-state index in [4.69, 9.17) is 4.74 Å². The molecule has 2 heterocycles. The summed E-state index contributed by atoms with van der Waals surface area (Å²) in [5.41, 5.74) is 3.19. The van der Waals surface area contributed by atoms with Gasteiger partial charge in [0.2, 0.25) is 5.16 Å². The van der Waals surface area contributed by atoms with Crippen LogP contribution in [-0.2, 0) is 20.7 Å². The molecule has 1 amide bonds. The van der Waals surface area contributed by atoms with E-state index >= 15 is 0 Å². The number of fused-ring (bicyclic) bond motifs is 2. The van der Waals surface area contributed by atoms with E-state index in [9.17, 15) is 9.59 Å². The summed E-state index contributed by atoms with van der Waals surface area (Å²) in [6, 6.07) is 13.8. The van der Waals surface area contributed by atoms with Gasteiger partial charge in [0, 0.05) is 17.0 Å². The number of carbonyl (C=O) groups is 2. The number of nitrogens with one attached hydrogen (secondary N) is 1. The number of benzene rings is 2. The third-order valence-corrected chi connectivity index (χ3v) is 6.10. The predicted octanol–water partition coefficient (Wildman–Crippen LogP) is 3.58. The topological polar surface area (TPSA) is 98.5 Å². The van der Waals surface area contributed by atoms with Crippen molar-refractivity contribution in [3.63, 3.8) is 0 Å². The van der Waals surface area contributed by atoms with E-state index in [1.165, 1.54) is 11.8 Å². The summed E-state index contributed by atoms with van der Waals surface area (Å²) < 4.78 is 6.88. The van der Waals surface area contributed by atoms with E-state index in [1.807, 2.05) is 69.5 Å². The van der Waals surface area contributed by atoms with Gasteiger partial charge in [-0.15, -0.1) is 5.10 Å². The zero-order chi connectivity index (χ0) is 23.5. The highest BCUT2D eigenvalue weighted by Gasteiger charge is 2.18. The van der Waals surface area contributed by atoms with E-state index in [1.54, 1.807) is 4.52 Å². The standard InChI is InChI=1S/C24H25N5O3S/c1-14(18-11-7-9-17-8-5-6-10-19(17)18)25-21(30)13-32-22(31)12-20-15(2)26-23-27-24(33-4)28-29(23)16(20)3/h5-11,14H,12-13H2,1-4H3,(H,25,30). The summed E-state index contributed by atoms with van der Waals surface area (Å²) in [5, 5.41) is 10.1. The van der Waals surface area contributed by atoms with Gasteiger partial charge in [0.05, 0.1) is 12.5 Å². The predicted molar refractivity (Wildman–Crippen MR) is 127 cm³/mol. The van der Waals surface area contributed by atoms with Crippen LogP contribution in [0.25, 0.3) is 16.6 Å². The maximum atomic E-state index is 12.5. The molecule has 0 aliphatic rings. The minimum Gasteiger partial charge on any atom is -0.455 e. The molecule has 9 heteroatoms. The van der Waals surface area contributed by atoms with Crippen LogP contribution in [-0.4, -0.2) is 44.3 Å². The molecule has 0 saturated heterocycles. The molecule has 2 aromatic carbocycles. The molecule has 1 N–H and O–H groups in total.